The monoisotopic (exact) mass is 411 g/mol. The molecule has 2 aromatic carbocycles. The van der Waals surface area contributed by atoms with Crippen LogP contribution in [-0.2, 0) is 4.74 Å². The summed E-state index contributed by atoms with van der Waals surface area (Å²) in [5.74, 6) is -1.38. The van der Waals surface area contributed by atoms with Gasteiger partial charge in [0.2, 0.25) is 0 Å². The van der Waals surface area contributed by atoms with Crippen molar-refractivity contribution in [3.8, 4) is 11.3 Å². The number of hydrogen-bond donors (Lipinski definition) is 1. The molecular formula is C20H17N3O5S. The number of esters is 1. The Morgan fingerprint density at radius 3 is 2.55 bits per heavy atom. The van der Waals surface area contributed by atoms with E-state index < -0.39 is 16.8 Å². The highest BCUT2D eigenvalue weighted by molar-refractivity contribution is 7.14. The first-order valence-electron chi connectivity index (χ1n) is 8.51. The molecule has 29 heavy (non-hydrogen) atoms. The Kier molecular flexibility index (Phi) is 5.69. The van der Waals surface area contributed by atoms with E-state index in [4.69, 9.17) is 0 Å². The maximum absolute atomic E-state index is 12.6. The van der Waals surface area contributed by atoms with Crippen molar-refractivity contribution in [3.63, 3.8) is 0 Å². The number of aryl methyl sites for hydroxylation is 2. The van der Waals surface area contributed by atoms with Crippen LogP contribution in [0.25, 0.3) is 11.3 Å². The Labute approximate surface area is 170 Å². The lowest BCUT2D eigenvalue weighted by atomic mass is 10.0. The second kappa shape index (κ2) is 8.19. The quantitative estimate of drug-likeness (QED) is 0.379. The van der Waals surface area contributed by atoms with Crippen molar-refractivity contribution >= 4 is 34.0 Å². The number of rotatable bonds is 5. The molecule has 0 spiro atoms. The molecule has 8 nitrogen and oxygen atoms in total. The van der Waals surface area contributed by atoms with E-state index in [1.807, 2.05) is 37.4 Å². The second-order valence-electron chi connectivity index (χ2n) is 6.33. The zero-order valence-electron chi connectivity index (χ0n) is 15.9. The summed E-state index contributed by atoms with van der Waals surface area (Å²) in [4.78, 5) is 39.2. The molecule has 3 aromatic rings. The third kappa shape index (κ3) is 4.46. The van der Waals surface area contributed by atoms with Gasteiger partial charge < -0.3 is 4.74 Å². The van der Waals surface area contributed by atoms with Crippen molar-refractivity contribution in [2.24, 2.45) is 0 Å². The van der Waals surface area contributed by atoms with Crippen molar-refractivity contribution < 1.29 is 19.2 Å². The molecule has 0 radical (unpaired) electrons. The van der Waals surface area contributed by atoms with Crippen molar-refractivity contribution in [2.75, 3.05) is 12.4 Å². The average molecular weight is 411 g/mol. The molecule has 0 saturated carbocycles. The topological polar surface area (TPSA) is 111 Å². The number of amides is 1. The number of aromatic nitrogens is 1. The maximum atomic E-state index is 12.6. The third-order valence-electron chi connectivity index (χ3n) is 4.21. The Bertz CT molecular complexity index is 1120. The van der Waals surface area contributed by atoms with Crippen LogP contribution in [0, 0.1) is 24.0 Å². The number of thiazole rings is 1. The Morgan fingerprint density at radius 2 is 1.86 bits per heavy atom. The van der Waals surface area contributed by atoms with E-state index in [1.165, 1.54) is 17.4 Å². The lowest BCUT2D eigenvalue weighted by Crippen LogP contribution is -2.14. The summed E-state index contributed by atoms with van der Waals surface area (Å²) in [5.41, 5.74) is 3.33. The number of nitrogens with one attached hydrogen (secondary N) is 1. The van der Waals surface area contributed by atoms with Gasteiger partial charge in [-0.05, 0) is 31.5 Å². The highest BCUT2D eigenvalue weighted by Crippen LogP contribution is 2.29. The molecule has 0 bridgehead atoms. The van der Waals surface area contributed by atoms with Gasteiger partial charge in [-0.3, -0.25) is 20.2 Å². The fourth-order valence-corrected chi connectivity index (χ4v) is 3.42. The summed E-state index contributed by atoms with van der Waals surface area (Å²) in [6.07, 6.45) is 0. The van der Waals surface area contributed by atoms with E-state index in [9.17, 15) is 19.7 Å². The number of nitro benzene ring substituents is 1. The first-order chi connectivity index (χ1) is 13.8. The van der Waals surface area contributed by atoms with Crippen LogP contribution in [0.4, 0.5) is 10.8 Å². The first-order valence-corrected chi connectivity index (χ1v) is 9.38. The van der Waals surface area contributed by atoms with Crippen LogP contribution in [0.2, 0.25) is 0 Å². The van der Waals surface area contributed by atoms with Gasteiger partial charge in [-0.1, -0.05) is 17.7 Å². The van der Waals surface area contributed by atoms with Crippen molar-refractivity contribution in [3.05, 3.63) is 74.1 Å². The molecule has 9 heteroatoms. The predicted molar refractivity (Wildman–Crippen MR) is 109 cm³/mol. The van der Waals surface area contributed by atoms with Gasteiger partial charge in [0.05, 0.1) is 23.3 Å². The van der Waals surface area contributed by atoms with Crippen LogP contribution in [0.5, 0.6) is 0 Å². The third-order valence-corrected chi connectivity index (χ3v) is 4.96. The van der Waals surface area contributed by atoms with E-state index in [0.29, 0.717) is 5.13 Å². The van der Waals surface area contributed by atoms with Crippen molar-refractivity contribution in [1.82, 2.24) is 4.98 Å². The zero-order valence-corrected chi connectivity index (χ0v) is 16.7. The molecule has 1 heterocycles. The molecule has 1 aromatic heterocycles. The number of benzene rings is 2. The van der Waals surface area contributed by atoms with Crippen LogP contribution in [-0.4, -0.2) is 28.9 Å². The summed E-state index contributed by atoms with van der Waals surface area (Å²) in [5, 5.41) is 15.9. The minimum atomic E-state index is -0.769. The van der Waals surface area contributed by atoms with Crippen LogP contribution in [0.1, 0.15) is 31.8 Å². The molecule has 0 saturated heterocycles. The summed E-state index contributed by atoms with van der Waals surface area (Å²) in [6, 6.07) is 9.42. The van der Waals surface area contributed by atoms with E-state index in [0.717, 1.165) is 41.6 Å². The maximum Gasteiger partial charge on any atom is 0.338 e. The number of nitrogens with zero attached hydrogens (tertiary/aromatic N) is 2. The Hall–Kier alpha value is -3.59. The molecule has 0 unspecified atom stereocenters. The van der Waals surface area contributed by atoms with Crippen molar-refractivity contribution in [1.29, 1.82) is 0 Å². The minimum Gasteiger partial charge on any atom is -0.465 e. The summed E-state index contributed by atoms with van der Waals surface area (Å²) < 4.78 is 4.59. The number of ether oxygens (including phenoxy) is 1. The average Bonchev–Trinajstić information content (AvgIpc) is 3.16. The smallest absolute Gasteiger partial charge is 0.338 e. The van der Waals surface area contributed by atoms with Crippen LogP contribution in [0.3, 0.4) is 0 Å². The van der Waals surface area contributed by atoms with Gasteiger partial charge in [0, 0.05) is 28.6 Å². The Balaban J connectivity index is 1.88. The number of non-ortho nitro benzene ring substituents is 1. The highest BCUT2D eigenvalue weighted by Gasteiger charge is 2.19. The molecule has 1 N–H and O–H groups in total. The van der Waals surface area contributed by atoms with E-state index in [2.05, 4.69) is 15.0 Å². The molecule has 148 valence electrons. The van der Waals surface area contributed by atoms with Gasteiger partial charge in [-0.25, -0.2) is 9.78 Å². The van der Waals surface area contributed by atoms with Crippen molar-refractivity contribution in [2.45, 2.75) is 13.8 Å². The standard InChI is InChI=1S/C20H17N3O5S/c1-11-4-5-12(2)16(6-11)17-10-29-20(21-17)22-18(24)13-7-14(19(25)28-3)9-15(8-13)23(26)27/h4-10H,1-3H3,(H,21,22,24). The molecule has 1 amide bonds. The van der Waals surface area contributed by atoms with E-state index in [-0.39, 0.29) is 16.8 Å². The van der Waals surface area contributed by atoms with Crippen LogP contribution >= 0.6 is 11.3 Å². The fourth-order valence-electron chi connectivity index (χ4n) is 2.72. The molecule has 0 fully saturated rings. The lowest BCUT2D eigenvalue weighted by molar-refractivity contribution is -0.384. The molecule has 0 aliphatic rings. The number of methoxy groups -OCH3 is 1. The summed E-state index contributed by atoms with van der Waals surface area (Å²) in [6.45, 7) is 3.96. The summed E-state index contributed by atoms with van der Waals surface area (Å²) in [7, 11) is 1.16. The number of carbonyl (C=O) groups is 2. The number of carbonyl (C=O) groups excluding carboxylic acids is 2. The lowest BCUT2D eigenvalue weighted by Gasteiger charge is -2.05. The van der Waals surface area contributed by atoms with Crippen LogP contribution < -0.4 is 5.32 Å². The zero-order chi connectivity index (χ0) is 21.1. The molecule has 0 aliphatic carbocycles. The van der Waals surface area contributed by atoms with Gasteiger partial charge in [0.15, 0.2) is 5.13 Å². The normalized spacial score (nSPS) is 10.4. The molecule has 0 aliphatic heterocycles. The van der Waals surface area contributed by atoms with E-state index in [1.54, 1.807) is 0 Å². The predicted octanol–water partition coefficient (Wildman–Crippen LogP) is 4.37. The number of hydrogen-bond acceptors (Lipinski definition) is 7. The van der Waals surface area contributed by atoms with Gasteiger partial charge in [-0.2, -0.15) is 0 Å². The van der Waals surface area contributed by atoms with Gasteiger partial charge in [0.25, 0.3) is 11.6 Å². The molecule has 3 rings (SSSR count). The fraction of sp³-hybridized carbons (Fsp3) is 0.150. The molecular weight excluding hydrogens is 394 g/mol. The van der Waals surface area contributed by atoms with Gasteiger partial charge in [0.1, 0.15) is 0 Å². The van der Waals surface area contributed by atoms with Gasteiger partial charge >= 0.3 is 5.97 Å². The largest absolute Gasteiger partial charge is 0.465 e. The number of anilines is 1. The first kappa shape index (κ1) is 20.2. The van der Waals surface area contributed by atoms with Gasteiger partial charge in [-0.15, -0.1) is 11.3 Å². The second-order valence-corrected chi connectivity index (χ2v) is 7.19. The minimum absolute atomic E-state index is 0.0388. The number of nitro groups is 1. The van der Waals surface area contributed by atoms with Crippen LogP contribution in [0.15, 0.2) is 41.8 Å². The highest BCUT2D eigenvalue weighted by atomic mass is 32.1. The summed E-state index contributed by atoms with van der Waals surface area (Å²) >= 11 is 1.24. The SMILES string of the molecule is COC(=O)c1cc(C(=O)Nc2nc(-c3cc(C)ccc3C)cs2)cc([N+](=O)[O-])c1. The van der Waals surface area contributed by atoms with E-state index >= 15 is 0 Å². The Morgan fingerprint density at radius 1 is 1.14 bits per heavy atom. The molecule has 0 atom stereocenters.